The summed E-state index contributed by atoms with van der Waals surface area (Å²) >= 11 is 1.58. The Morgan fingerprint density at radius 3 is 2.72 bits per heavy atom. The maximum Gasteiger partial charge on any atom is 0.357 e. The van der Waals surface area contributed by atoms with Gasteiger partial charge in [-0.1, -0.05) is 12.5 Å². The summed E-state index contributed by atoms with van der Waals surface area (Å²) in [5, 5.41) is 5.06. The molecule has 4 aromatic rings. The molecule has 3 heterocycles. The number of aldehydes is 1. The summed E-state index contributed by atoms with van der Waals surface area (Å²) < 4.78 is 17.3. The number of amides is 1. The number of nitrogens with zero attached hydrogens (tertiary/aromatic N) is 1. The fourth-order valence-electron chi connectivity index (χ4n) is 5.31. The molecule has 3 N–H and O–H groups in total. The molecule has 0 unspecified atom stereocenters. The van der Waals surface area contributed by atoms with Crippen LogP contribution in [-0.4, -0.2) is 43.5 Å². The van der Waals surface area contributed by atoms with Gasteiger partial charge < -0.3 is 25.3 Å². The highest BCUT2D eigenvalue weighted by Gasteiger charge is 2.27. The van der Waals surface area contributed by atoms with Crippen molar-refractivity contribution >= 4 is 35.2 Å². The summed E-state index contributed by atoms with van der Waals surface area (Å²) in [7, 11) is 1.24. The molecule has 1 saturated carbocycles. The van der Waals surface area contributed by atoms with Gasteiger partial charge in [0.1, 0.15) is 17.2 Å². The van der Waals surface area contributed by atoms with E-state index in [1.54, 1.807) is 35.6 Å². The number of benzene rings is 2. The number of anilines is 1. The van der Waals surface area contributed by atoms with E-state index in [0.29, 0.717) is 65.8 Å². The predicted molar refractivity (Wildman–Crippen MR) is 164 cm³/mol. The van der Waals surface area contributed by atoms with Crippen molar-refractivity contribution < 1.29 is 28.6 Å². The maximum atomic E-state index is 14.2. The Balaban J connectivity index is 1.47. The molecule has 9 nitrogen and oxygen atoms in total. The van der Waals surface area contributed by atoms with E-state index in [1.165, 1.54) is 19.6 Å². The molecule has 0 radical (unpaired) electrons. The Bertz CT molecular complexity index is 1710. The number of hydrogen-bond donors (Lipinski definition) is 2. The van der Waals surface area contributed by atoms with E-state index in [1.807, 2.05) is 17.5 Å². The van der Waals surface area contributed by atoms with E-state index >= 15 is 0 Å². The lowest BCUT2D eigenvalue weighted by molar-refractivity contribution is 0.0594. The highest BCUT2D eigenvalue weighted by molar-refractivity contribution is 7.13. The number of thiophene rings is 1. The van der Waals surface area contributed by atoms with Crippen LogP contribution < -0.4 is 20.5 Å². The van der Waals surface area contributed by atoms with E-state index in [9.17, 15) is 14.4 Å². The number of carbonyl (C=O) groups excluding carboxylic acids is 3. The van der Waals surface area contributed by atoms with Crippen molar-refractivity contribution in [3.63, 3.8) is 0 Å². The Labute approximate surface area is 253 Å². The Kier molecular flexibility index (Phi) is 8.22. The van der Waals surface area contributed by atoms with Gasteiger partial charge in [-0.25, -0.2) is 9.78 Å². The second-order valence-electron chi connectivity index (χ2n) is 10.6. The summed E-state index contributed by atoms with van der Waals surface area (Å²) in [5.41, 5.74) is 10.3. The molecular weight excluding hydrogens is 566 g/mol. The topological polar surface area (TPSA) is 130 Å². The Morgan fingerprint density at radius 1 is 1.12 bits per heavy atom. The Hall–Kier alpha value is -4.54. The van der Waals surface area contributed by atoms with Crippen LogP contribution in [0.15, 0.2) is 53.9 Å². The van der Waals surface area contributed by atoms with Crippen molar-refractivity contribution in [3.05, 3.63) is 82.0 Å². The predicted octanol–water partition coefficient (Wildman–Crippen LogP) is 5.90. The largest absolute Gasteiger partial charge is 0.493 e. The van der Waals surface area contributed by atoms with Gasteiger partial charge in [0, 0.05) is 40.1 Å². The number of hydrogen-bond acceptors (Lipinski definition) is 9. The number of nitrogens with one attached hydrogen (secondary N) is 1. The molecule has 0 atom stereocenters. The molecule has 0 spiro atoms. The van der Waals surface area contributed by atoms with E-state index in [-0.39, 0.29) is 11.4 Å². The third-order valence-electron chi connectivity index (χ3n) is 7.92. The summed E-state index contributed by atoms with van der Waals surface area (Å²) in [6, 6.07) is 14.2. The number of fused-ring (bicyclic) bond motifs is 3. The Morgan fingerprint density at radius 2 is 1.98 bits per heavy atom. The van der Waals surface area contributed by atoms with Crippen LogP contribution in [0.1, 0.15) is 61.7 Å². The molecule has 6 rings (SSSR count). The first kappa shape index (κ1) is 28.6. The maximum absolute atomic E-state index is 14.2. The normalized spacial score (nSPS) is 13.9. The first-order valence-electron chi connectivity index (χ1n) is 14.2. The fraction of sp³-hybridized carbons (Fsp3) is 0.273. The van der Waals surface area contributed by atoms with Gasteiger partial charge in [-0.2, -0.15) is 0 Å². The first-order valence-corrected chi connectivity index (χ1v) is 15.1. The van der Waals surface area contributed by atoms with E-state index in [4.69, 9.17) is 19.9 Å². The molecule has 1 amide bonds. The van der Waals surface area contributed by atoms with Gasteiger partial charge in [0.25, 0.3) is 5.91 Å². The number of rotatable bonds is 9. The summed E-state index contributed by atoms with van der Waals surface area (Å²) in [5.74, 6) is 0.491. The van der Waals surface area contributed by atoms with Gasteiger partial charge >= 0.3 is 5.97 Å². The van der Waals surface area contributed by atoms with Crippen LogP contribution in [0.2, 0.25) is 0 Å². The van der Waals surface area contributed by atoms with E-state index < -0.39 is 11.9 Å². The number of esters is 1. The quantitative estimate of drug-likeness (QED) is 0.180. The van der Waals surface area contributed by atoms with Crippen LogP contribution in [0.25, 0.3) is 21.6 Å². The lowest BCUT2D eigenvalue weighted by Gasteiger charge is -2.26. The minimum Gasteiger partial charge on any atom is -0.493 e. The SMILES string of the molecule is COC(=O)c1nc(C=O)ccc1-c1cc2c(cc1C(=O)Nc1ccc(CN)cc1OCC1CCC1)-c1sccc1CCO2. The fourth-order valence-corrected chi connectivity index (χ4v) is 6.29. The molecule has 2 aromatic heterocycles. The van der Waals surface area contributed by atoms with Crippen molar-refractivity contribution in [2.24, 2.45) is 11.7 Å². The smallest absolute Gasteiger partial charge is 0.357 e. The zero-order valence-corrected chi connectivity index (χ0v) is 24.5. The second-order valence-corrected chi connectivity index (χ2v) is 11.5. The molecule has 10 heteroatoms. The molecule has 2 aliphatic rings. The zero-order chi connectivity index (χ0) is 29.9. The van der Waals surface area contributed by atoms with Crippen LogP contribution in [0.5, 0.6) is 11.5 Å². The van der Waals surface area contributed by atoms with Crippen molar-refractivity contribution in [1.29, 1.82) is 0 Å². The molecule has 2 aromatic carbocycles. The van der Waals surface area contributed by atoms with E-state index in [2.05, 4.69) is 16.4 Å². The number of pyridine rings is 1. The molecule has 0 saturated heterocycles. The number of carbonyl (C=O) groups is 3. The molecule has 220 valence electrons. The average molecular weight is 598 g/mol. The molecular formula is C33H31N3O6S. The highest BCUT2D eigenvalue weighted by atomic mass is 32.1. The number of nitrogens with two attached hydrogens (primary N) is 1. The van der Waals surface area contributed by atoms with Gasteiger partial charge in [-0.05, 0) is 77.7 Å². The van der Waals surface area contributed by atoms with Crippen LogP contribution in [0.3, 0.4) is 0 Å². The third-order valence-corrected chi connectivity index (χ3v) is 8.91. The average Bonchev–Trinajstić information content (AvgIpc) is 3.41. The highest BCUT2D eigenvalue weighted by Crippen LogP contribution is 2.43. The lowest BCUT2D eigenvalue weighted by Crippen LogP contribution is -2.20. The van der Waals surface area contributed by atoms with Crippen molar-refractivity contribution in [3.8, 4) is 33.1 Å². The van der Waals surface area contributed by atoms with Crippen molar-refractivity contribution in [2.45, 2.75) is 32.2 Å². The number of methoxy groups -OCH3 is 1. The zero-order valence-electron chi connectivity index (χ0n) is 23.7. The van der Waals surface area contributed by atoms with Crippen molar-refractivity contribution in [1.82, 2.24) is 4.98 Å². The van der Waals surface area contributed by atoms with Gasteiger partial charge in [0.05, 0.1) is 26.0 Å². The minimum atomic E-state index is -0.731. The summed E-state index contributed by atoms with van der Waals surface area (Å²) in [4.78, 5) is 43.8. The first-order chi connectivity index (χ1) is 21.0. The molecule has 1 aliphatic carbocycles. The second kappa shape index (κ2) is 12.4. The van der Waals surface area contributed by atoms with E-state index in [0.717, 1.165) is 40.8 Å². The number of ether oxygens (including phenoxy) is 3. The molecule has 1 aliphatic heterocycles. The minimum absolute atomic E-state index is 0.0673. The molecule has 43 heavy (non-hydrogen) atoms. The van der Waals surface area contributed by atoms with Gasteiger partial charge in [-0.15, -0.1) is 11.3 Å². The summed E-state index contributed by atoms with van der Waals surface area (Å²) in [6.07, 6.45) is 4.74. The van der Waals surface area contributed by atoms with Crippen LogP contribution in [0, 0.1) is 5.92 Å². The van der Waals surface area contributed by atoms with Gasteiger partial charge in [0.2, 0.25) is 0 Å². The lowest BCUT2D eigenvalue weighted by atomic mass is 9.86. The molecule has 1 fully saturated rings. The number of aromatic nitrogens is 1. The molecule has 0 bridgehead atoms. The van der Waals surface area contributed by atoms with Crippen LogP contribution in [-0.2, 0) is 17.7 Å². The third kappa shape index (κ3) is 5.76. The summed E-state index contributed by atoms with van der Waals surface area (Å²) in [6.45, 7) is 1.37. The van der Waals surface area contributed by atoms with Crippen molar-refractivity contribution in [2.75, 3.05) is 25.6 Å². The standard InChI is InChI=1S/C33H31N3O6S/c1-40-33(39)30-23(7-6-22(17-37)35-30)24-15-28-26(31-21(9-11-41-28)10-12-43-31)14-25(24)32(38)36-27-8-5-20(16-34)13-29(27)42-18-19-3-2-4-19/h5-8,10,12-15,17,19H,2-4,9,11,16,18,34H2,1H3,(H,36,38). The monoisotopic (exact) mass is 597 g/mol. The van der Waals surface area contributed by atoms with Crippen LogP contribution in [0.4, 0.5) is 5.69 Å². The van der Waals surface area contributed by atoms with Gasteiger partial charge in [-0.3, -0.25) is 9.59 Å². The van der Waals surface area contributed by atoms with Crippen LogP contribution >= 0.6 is 11.3 Å². The van der Waals surface area contributed by atoms with Gasteiger partial charge in [0.15, 0.2) is 12.0 Å².